The molecule has 4 heteroatoms. The Morgan fingerprint density at radius 1 is 0.882 bits per heavy atom. The fraction of sp³-hybridized carbons (Fsp3) is 1.00. The average Bonchev–Trinajstić information content (AvgIpc) is 2.41. The Labute approximate surface area is 107 Å². The predicted molar refractivity (Wildman–Crippen MR) is 74.6 cm³/mol. The third-order valence-corrected chi connectivity index (χ3v) is 3.54. The first kappa shape index (κ1) is 14.9. The van der Waals surface area contributed by atoms with E-state index in [2.05, 4.69) is 41.2 Å². The number of likely N-dealkylation sites (N-methyl/N-ethyl adjacent to an activating group) is 1. The maximum Gasteiger partial charge on any atom is 0.0110 e. The van der Waals surface area contributed by atoms with E-state index in [9.17, 15) is 0 Å². The van der Waals surface area contributed by atoms with Gasteiger partial charge in [-0.2, -0.15) is 0 Å². The molecule has 2 saturated heterocycles. The Kier molecular flexibility index (Phi) is 7.77. The molecular formula is C13H30N4. The largest absolute Gasteiger partial charge is 0.314 e. The predicted octanol–water partition coefficient (Wildman–Crippen LogP) is 0.212. The zero-order chi connectivity index (χ0) is 12.5. The Morgan fingerprint density at radius 3 is 1.65 bits per heavy atom. The first-order valence-electron chi connectivity index (χ1n) is 7.12. The molecule has 102 valence electrons. The van der Waals surface area contributed by atoms with Gasteiger partial charge in [-0.15, -0.1) is 0 Å². The molecular weight excluding hydrogens is 212 g/mol. The van der Waals surface area contributed by atoms with Gasteiger partial charge in [0.2, 0.25) is 0 Å². The van der Waals surface area contributed by atoms with Crippen LogP contribution < -0.4 is 10.6 Å². The van der Waals surface area contributed by atoms with Crippen LogP contribution in [0.2, 0.25) is 0 Å². The van der Waals surface area contributed by atoms with Crippen LogP contribution in [0, 0.1) is 0 Å². The minimum absolute atomic E-state index is 0.729. The van der Waals surface area contributed by atoms with Gasteiger partial charge in [-0.3, -0.25) is 4.90 Å². The molecule has 0 aromatic rings. The fourth-order valence-electron chi connectivity index (χ4n) is 2.23. The number of piperazine rings is 2. The van der Waals surface area contributed by atoms with E-state index in [1.54, 1.807) is 0 Å². The Hall–Kier alpha value is -0.160. The second-order valence-corrected chi connectivity index (χ2v) is 5.06. The highest BCUT2D eigenvalue weighted by molar-refractivity contribution is 4.69. The molecule has 2 N–H and O–H groups in total. The molecule has 2 rings (SSSR count). The zero-order valence-corrected chi connectivity index (χ0v) is 11.8. The first-order valence-corrected chi connectivity index (χ1v) is 7.12. The SMILES string of the molecule is CC(C)N1CCNCC1.CCN1CCNCC1. The lowest BCUT2D eigenvalue weighted by atomic mass is 10.3. The van der Waals surface area contributed by atoms with Crippen LogP contribution in [-0.2, 0) is 0 Å². The number of hydrogen-bond donors (Lipinski definition) is 2. The van der Waals surface area contributed by atoms with Crippen LogP contribution in [0.25, 0.3) is 0 Å². The Balaban J connectivity index is 0.000000171. The van der Waals surface area contributed by atoms with Crippen LogP contribution in [-0.4, -0.2) is 74.7 Å². The van der Waals surface area contributed by atoms with Crippen molar-refractivity contribution in [3.8, 4) is 0 Å². The lowest BCUT2D eigenvalue weighted by Crippen LogP contribution is -2.46. The maximum absolute atomic E-state index is 3.33. The summed E-state index contributed by atoms with van der Waals surface area (Å²) in [6.07, 6.45) is 0. The van der Waals surface area contributed by atoms with Crippen LogP contribution in [0.3, 0.4) is 0 Å². The van der Waals surface area contributed by atoms with Gasteiger partial charge < -0.3 is 15.5 Å². The van der Waals surface area contributed by atoms with Crippen LogP contribution in [0.4, 0.5) is 0 Å². The molecule has 2 heterocycles. The zero-order valence-electron chi connectivity index (χ0n) is 11.8. The van der Waals surface area contributed by atoms with Crippen LogP contribution in [0.5, 0.6) is 0 Å². The average molecular weight is 242 g/mol. The lowest BCUT2D eigenvalue weighted by Gasteiger charge is -2.30. The molecule has 0 amide bonds. The van der Waals surface area contributed by atoms with Crippen LogP contribution >= 0.6 is 0 Å². The second kappa shape index (κ2) is 8.86. The first-order chi connectivity index (χ1) is 8.24. The van der Waals surface area contributed by atoms with Crippen molar-refractivity contribution in [1.29, 1.82) is 0 Å². The summed E-state index contributed by atoms with van der Waals surface area (Å²) in [7, 11) is 0. The molecule has 0 atom stereocenters. The summed E-state index contributed by atoms with van der Waals surface area (Å²) in [6, 6.07) is 0.729. The van der Waals surface area contributed by atoms with E-state index in [0.29, 0.717) is 0 Å². The van der Waals surface area contributed by atoms with E-state index in [0.717, 1.165) is 19.1 Å². The molecule has 2 fully saturated rings. The van der Waals surface area contributed by atoms with E-state index in [1.165, 1.54) is 45.8 Å². The third-order valence-electron chi connectivity index (χ3n) is 3.54. The van der Waals surface area contributed by atoms with E-state index in [-0.39, 0.29) is 0 Å². The van der Waals surface area contributed by atoms with Gasteiger partial charge in [0.05, 0.1) is 0 Å². The van der Waals surface area contributed by atoms with E-state index in [1.807, 2.05) is 0 Å². The quantitative estimate of drug-likeness (QED) is 0.725. The molecule has 2 aliphatic heterocycles. The topological polar surface area (TPSA) is 30.5 Å². The Morgan fingerprint density at radius 2 is 1.35 bits per heavy atom. The Bertz CT molecular complexity index is 172. The normalized spacial score (nSPS) is 23.3. The van der Waals surface area contributed by atoms with Crippen molar-refractivity contribution in [3.05, 3.63) is 0 Å². The third kappa shape index (κ3) is 6.36. The number of hydrogen-bond acceptors (Lipinski definition) is 4. The van der Waals surface area contributed by atoms with E-state index >= 15 is 0 Å². The number of rotatable bonds is 2. The smallest absolute Gasteiger partial charge is 0.0110 e. The van der Waals surface area contributed by atoms with Crippen molar-refractivity contribution in [3.63, 3.8) is 0 Å². The van der Waals surface area contributed by atoms with Crippen LogP contribution in [0.15, 0.2) is 0 Å². The minimum atomic E-state index is 0.729. The molecule has 17 heavy (non-hydrogen) atoms. The molecule has 0 aliphatic carbocycles. The molecule has 0 bridgehead atoms. The summed E-state index contributed by atoms with van der Waals surface area (Å²) in [5.74, 6) is 0. The van der Waals surface area contributed by atoms with Gasteiger partial charge in [0.1, 0.15) is 0 Å². The van der Waals surface area contributed by atoms with Gasteiger partial charge in [-0.05, 0) is 20.4 Å². The summed E-state index contributed by atoms with van der Waals surface area (Å²) >= 11 is 0. The summed E-state index contributed by atoms with van der Waals surface area (Å²) in [6.45, 7) is 17.5. The van der Waals surface area contributed by atoms with Gasteiger partial charge >= 0.3 is 0 Å². The summed E-state index contributed by atoms with van der Waals surface area (Å²) < 4.78 is 0. The summed E-state index contributed by atoms with van der Waals surface area (Å²) in [5, 5.41) is 6.64. The molecule has 2 aliphatic rings. The van der Waals surface area contributed by atoms with Crippen molar-refractivity contribution in [2.45, 2.75) is 26.8 Å². The van der Waals surface area contributed by atoms with Crippen molar-refractivity contribution >= 4 is 0 Å². The highest BCUT2D eigenvalue weighted by atomic mass is 15.2. The van der Waals surface area contributed by atoms with E-state index in [4.69, 9.17) is 0 Å². The monoisotopic (exact) mass is 242 g/mol. The van der Waals surface area contributed by atoms with Gasteiger partial charge in [-0.1, -0.05) is 6.92 Å². The van der Waals surface area contributed by atoms with Gasteiger partial charge in [-0.25, -0.2) is 0 Å². The van der Waals surface area contributed by atoms with Gasteiger partial charge in [0.25, 0.3) is 0 Å². The summed E-state index contributed by atoms with van der Waals surface area (Å²) in [5.41, 5.74) is 0. The van der Waals surface area contributed by atoms with Crippen molar-refractivity contribution in [2.75, 3.05) is 58.9 Å². The second-order valence-electron chi connectivity index (χ2n) is 5.06. The van der Waals surface area contributed by atoms with Gasteiger partial charge in [0, 0.05) is 58.4 Å². The van der Waals surface area contributed by atoms with E-state index < -0.39 is 0 Å². The molecule has 0 saturated carbocycles. The molecule has 0 unspecified atom stereocenters. The molecule has 0 spiro atoms. The molecule has 0 aromatic heterocycles. The molecule has 0 radical (unpaired) electrons. The van der Waals surface area contributed by atoms with Crippen molar-refractivity contribution < 1.29 is 0 Å². The summed E-state index contributed by atoms with van der Waals surface area (Å²) in [4.78, 5) is 4.95. The number of nitrogens with one attached hydrogen (secondary N) is 2. The standard InChI is InChI=1S/C7H16N2.C6H14N2/c1-7(2)9-5-3-8-4-6-9;1-2-8-5-3-7-4-6-8/h7-8H,3-6H2,1-2H3;7H,2-6H2,1H3. The lowest BCUT2D eigenvalue weighted by molar-refractivity contribution is 0.196. The molecule has 0 aromatic carbocycles. The fourth-order valence-corrected chi connectivity index (χ4v) is 2.23. The maximum atomic E-state index is 3.33. The minimum Gasteiger partial charge on any atom is -0.314 e. The van der Waals surface area contributed by atoms with Crippen molar-refractivity contribution in [2.24, 2.45) is 0 Å². The molecule has 4 nitrogen and oxygen atoms in total. The van der Waals surface area contributed by atoms with Gasteiger partial charge in [0.15, 0.2) is 0 Å². The van der Waals surface area contributed by atoms with Crippen molar-refractivity contribution in [1.82, 2.24) is 20.4 Å². The number of nitrogens with zero attached hydrogens (tertiary/aromatic N) is 2. The highest BCUT2D eigenvalue weighted by Gasteiger charge is 2.11. The van der Waals surface area contributed by atoms with Crippen LogP contribution in [0.1, 0.15) is 20.8 Å². The highest BCUT2D eigenvalue weighted by Crippen LogP contribution is 1.97.